The second kappa shape index (κ2) is 4.68. The lowest BCUT2D eigenvalue weighted by molar-refractivity contribution is 0.102. The fourth-order valence-corrected chi connectivity index (χ4v) is 2.00. The van der Waals surface area contributed by atoms with Crippen LogP contribution in [0.5, 0.6) is 0 Å². The van der Waals surface area contributed by atoms with Crippen molar-refractivity contribution < 1.29 is 4.79 Å². The van der Waals surface area contributed by atoms with Gasteiger partial charge >= 0.3 is 0 Å². The molecule has 0 radical (unpaired) electrons. The van der Waals surface area contributed by atoms with Crippen molar-refractivity contribution in [3.63, 3.8) is 0 Å². The zero-order chi connectivity index (χ0) is 12.4. The molecule has 0 bridgehead atoms. The number of anilines is 2. The molecule has 2 aromatic rings. The summed E-state index contributed by atoms with van der Waals surface area (Å²) in [6.45, 7) is 1.75. The van der Waals surface area contributed by atoms with Crippen LogP contribution in [0.25, 0.3) is 0 Å². The maximum Gasteiger partial charge on any atom is 0.259 e. The van der Waals surface area contributed by atoms with Crippen LogP contribution in [0, 0.1) is 6.92 Å². The molecule has 0 aliphatic rings. The first-order valence-corrected chi connectivity index (χ1v) is 5.88. The van der Waals surface area contributed by atoms with Crippen LogP contribution in [0.3, 0.4) is 0 Å². The summed E-state index contributed by atoms with van der Waals surface area (Å²) in [5, 5.41) is 3.39. The molecular weight excluding hydrogens is 260 g/mol. The Morgan fingerprint density at radius 1 is 1.53 bits per heavy atom. The van der Waals surface area contributed by atoms with Crippen LogP contribution in [-0.2, 0) is 0 Å². The Hall–Kier alpha value is -1.66. The molecule has 2 rings (SSSR count). The average Bonchev–Trinajstić information content (AvgIpc) is 2.67. The Morgan fingerprint density at radius 2 is 2.29 bits per heavy atom. The van der Waals surface area contributed by atoms with Gasteiger partial charge in [0.15, 0.2) is 0 Å². The normalized spacial score (nSPS) is 10.2. The van der Waals surface area contributed by atoms with Gasteiger partial charge in [0.2, 0.25) is 5.13 Å². The summed E-state index contributed by atoms with van der Waals surface area (Å²) < 4.78 is 3.96. The van der Waals surface area contributed by atoms with E-state index >= 15 is 0 Å². The maximum absolute atomic E-state index is 11.9. The van der Waals surface area contributed by atoms with E-state index in [1.165, 1.54) is 6.07 Å². The number of amides is 1. The quantitative estimate of drug-likeness (QED) is 0.819. The highest BCUT2D eigenvalue weighted by Gasteiger charge is 2.12. The van der Waals surface area contributed by atoms with Gasteiger partial charge in [0.25, 0.3) is 5.91 Å². The Labute approximate surface area is 107 Å². The van der Waals surface area contributed by atoms with E-state index in [0.717, 1.165) is 11.5 Å². The van der Waals surface area contributed by atoms with Gasteiger partial charge in [-0.2, -0.15) is 4.37 Å². The van der Waals surface area contributed by atoms with E-state index in [1.54, 1.807) is 19.1 Å². The van der Waals surface area contributed by atoms with Crippen LogP contribution in [-0.4, -0.2) is 15.3 Å². The van der Waals surface area contributed by atoms with Gasteiger partial charge in [-0.05, 0) is 25.1 Å². The predicted molar refractivity (Wildman–Crippen MR) is 68.5 cm³/mol. The number of nitrogen functional groups attached to an aromatic ring is 1. The van der Waals surface area contributed by atoms with Gasteiger partial charge in [-0.1, -0.05) is 11.6 Å². The zero-order valence-corrected chi connectivity index (χ0v) is 10.5. The molecule has 1 heterocycles. The average molecular weight is 269 g/mol. The summed E-state index contributed by atoms with van der Waals surface area (Å²) in [7, 11) is 0. The van der Waals surface area contributed by atoms with Crippen molar-refractivity contribution in [1.29, 1.82) is 0 Å². The van der Waals surface area contributed by atoms with E-state index in [1.807, 2.05) is 0 Å². The molecule has 0 fully saturated rings. The number of benzene rings is 1. The highest BCUT2D eigenvalue weighted by atomic mass is 35.5. The largest absolute Gasteiger partial charge is 0.399 e. The van der Waals surface area contributed by atoms with E-state index in [0.29, 0.717) is 27.2 Å². The number of carbonyl (C=O) groups excluding carboxylic acids is 1. The van der Waals surface area contributed by atoms with E-state index in [2.05, 4.69) is 14.7 Å². The molecule has 0 aliphatic carbocycles. The lowest BCUT2D eigenvalue weighted by Crippen LogP contribution is -2.12. The third-order valence-electron chi connectivity index (χ3n) is 1.98. The van der Waals surface area contributed by atoms with Crippen molar-refractivity contribution in [1.82, 2.24) is 9.36 Å². The summed E-state index contributed by atoms with van der Waals surface area (Å²) >= 11 is 7.03. The summed E-state index contributed by atoms with van der Waals surface area (Å²) in [5.74, 6) is 0.266. The summed E-state index contributed by atoms with van der Waals surface area (Å²) in [4.78, 5) is 15.9. The number of nitrogens with one attached hydrogen (secondary N) is 1. The van der Waals surface area contributed by atoms with Gasteiger partial charge in [0.05, 0.1) is 10.6 Å². The fraction of sp³-hybridized carbons (Fsp3) is 0.100. The summed E-state index contributed by atoms with van der Waals surface area (Å²) in [5.41, 5.74) is 6.40. The van der Waals surface area contributed by atoms with Crippen molar-refractivity contribution in [3.8, 4) is 0 Å². The monoisotopic (exact) mass is 268 g/mol. The second-order valence-corrected chi connectivity index (χ2v) is 4.50. The number of rotatable bonds is 2. The molecule has 7 heteroatoms. The summed E-state index contributed by atoms with van der Waals surface area (Å²) in [6, 6.07) is 4.73. The topological polar surface area (TPSA) is 80.9 Å². The lowest BCUT2D eigenvalue weighted by Gasteiger charge is -2.04. The van der Waals surface area contributed by atoms with E-state index in [4.69, 9.17) is 17.3 Å². The number of nitrogens with two attached hydrogens (primary N) is 1. The Kier molecular flexibility index (Phi) is 3.26. The highest BCUT2D eigenvalue weighted by Crippen LogP contribution is 2.20. The first-order chi connectivity index (χ1) is 8.06. The number of hydrogen-bond donors (Lipinski definition) is 2. The van der Waals surface area contributed by atoms with E-state index in [9.17, 15) is 4.79 Å². The molecular formula is C10H9ClN4OS. The van der Waals surface area contributed by atoms with Gasteiger partial charge in [0, 0.05) is 17.2 Å². The molecule has 0 atom stereocenters. The van der Waals surface area contributed by atoms with Crippen molar-refractivity contribution >= 4 is 39.9 Å². The number of nitrogens with zero attached hydrogens (tertiary/aromatic N) is 2. The molecule has 88 valence electrons. The fourth-order valence-electron chi connectivity index (χ4n) is 1.23. The Bertz CT molecular complexity index is 569. The Morgan fingerprint density at radius 3 is 2.94 bits per heavy atom. The molecule has 0 saturated carbocycles. The van der Waals surface area contributed by atoms with Gasteiger partial charge in [0.1, 0.15) is 5.82 Å². The SMILES string of the molecule is Cc1nsc(NC(=O)c2cc(N)ccc2Cl)n1. The van der Waals surface area contributed by atoms with E-state index in [-0.39, 0.29) is 5.91 Å². The number of halogens is 1. The Balaban J connectivity index is 2.22. The highest BCUT2D eigenvalue weighted by molar-refractivity contribution is 7.09. The van der Waals surface area contributed by atoms with Crippen molar-refractivity contribution in [2.45, 2.75) is 6.92 Å². The molecule has 3 N–H and O–H groups in total. The van der Waals surface area contributed by atoms with Crippen LogP contribution < -0.4 is 11.1 Å². The predicted octanol–water partition coefficient (Wildman–Crippen LogP) is 2.33. The van der Waals surface area contributed by atoms with Crippen LogP contribution >= 0.6 is 23.1 Å². The summed E-state index contributed by atoms with van der Waals surface area (Å²) in [6.07, 6.45) is 0. The molecule has 5 nitrogen and oxygen atoms in total. The first kappa shape index (κ1) is 11.8. The van der Waals surface area contributed by atoms with Crippen LogP contribution in [0.2, 0.25) is 5.02 Å². The number of hydrogen-bond acceptors (Lipinski definition) is 5. The minimum atomic E-state index is -0.349. The van der Waals surface area contributed by atoms with Crippen LogP contribution in [0.1, 0.15) is 16.2 Å². The first-order valence-electron chi connectivity index (χ1n) is 4.73. The third kappa shape index (κ3) is 2.72. The molecule has 17 heavy (non-hydrogen) atoms. The van der Waals surface area contributed by atoms with E-state index < -0.39 is 0 Å². The van der Waals surface area contributed by atoms with Gasteiger partial charge in [-0.3, -0.25) is 10.1 Å². The standard InChI is InChI=1S/C10H9ClN4OS/c1-5-13-10(17-15-5)14-9(16)7-4-6(12)2-3-8(7)11/h2-4H,12H2,1H3,(H,13,14,15,16). The second-order valence-electron chi connectivity index (χ2n) is 3.34. The molecule has 1 aromatic carbocycles. The van der Waals surface area contributed by atoms with Gasteiger partial charge in [-0.15, -0.1) is 0 Å². The number of aryl methyl sites for hydroxylation is 1. The maximum atomic E-state index is 11.9. The minimum absolute atomic E-state index is 0.319. The van der Waals surface area contributed by atoms with Gasteiger partial charge < -0.3 is 5.73 Å². The molecule has 1 amide bonds. The van der Waals surface area contributed by atoms with Gasteiger partial charge in [-0.25, -0.2) is 4.98 Å². The van der Waals surface area contributed by atoms with Crippen LogP contribution in [0.15, 0.2) is 18.2 Å². The lowest BCUT2D eigenvalue weighted by atomic mass is 10.2. The smallest absolute Gasteiger partial charge is 0.259 e. The van der Waals surface area contributed by atoms with Crippen molar-refractivity contribution in [2.24, 2.45) is 0 Å². The number of aromatic nitrogens is 2. The molecule has 1 aromatic heterocycles. The molecule has 0 saturated heterocycles. The van der Waals surface area contributed by atoms with Crippen molar-refractivity contribution in [2.75, 3.05) is 11.1 Å². The molecule has 0 unspecified atom stereocenters. The third-order valence-corrected chi connectivity index (χ3v) is 3.03. The molecule has 0 spiro atoms. The van der Waals surface area contributed by atoms with Crippen LogP contribution in [0.4, 0.5) is 10.8 Å². The minimum Gasteiger partial charge on any atom is -0.399 e. The molecule has 0 aliphatic heterocycles. The number of carbonyl (C=O) groups is 1. The zero-order valence-electron chi connectivity index (χ0n) is 8.90. The van der Waals surface area contributed by atoms with Crippen molar-refractivity contribution in [3.05, 3.63) is 34.6 Å².